The van der Waals surface area contributed by atoms with Crippen LogP contribution in [0, 0.1) is 0 Å². The highest BCUT2D eigenvalue weighted by Crippen LogP contribution is 2.17. The minimum Gasteiger partial charge on any atom is -0.347 e. The van der Waals surface area contributed by atoms with E-state index in [0.717, 1.165) is 16.9 Å². The minimum atomic E-state index is -0.509. The van der Waals surface area contributed by atoms with Crippen molar-refractivity contribution in [2.45, 2.75) is 19.9 Å². The number of aryl methyl sites for hydroxylation is 1. The molecule has 0 aliphatic carbocycles. The van der Waals surface area contributed by atoms with Crippen LogP contribution in [0.2, 0.25) is 0 Å². The number of hydrogen-bond donors (Lipinski definition) is 2. The number of rotatable bonds is 5. The van der Waals surface area contributed by atoms with Crippen LogP contribution < -0.4 is 10.9 Å². The van der Waals surface area contributed by atoms with Gasteiger partial charge in [-0.15, -0.1) is 11.3 Å². The normalized spacial score (nSPS) is 10.5. The van der Waals surface area contributed by atoms with Crippen molar-refractivity contribution in [1.29, 1.82) is 0 Å². The molecule has 0 aliphatic heterocycles. The lowest BCUT2D eigenvalue weighted by Crippen LogP contribution is -2.29. The molecule has 122 valence electrons. The first-order chi connectivity index (χ1) is 11.7. The molecule has 7 heteroatoms. The van der Waals surface area contributed by atoms with Gasteiger partial charge in [-0.3, -0.25) is 14.6 Å². The summed E-state index contributed by atoms with van der Waals surface area (Å²) in [6, 6.07) is 9.06. The summed E-state index contributed by atoms with van der Waals surface area (Å²) >= 11 is 1.65. The molecule has 24 heavy (non-hydrogen) atoms. The van der Waals surface area contributed by atoms with Crippen LogP contribution in [0.3, 0.4) is 0 Å². The Bertz CT molecular complexity index is 902. The Hall–Kier alpha value is -2.80. The van der Waals surface area contributed by atoms with Gasteiger partial charge in [-0.05, 0) is 36.8 Å². The summed E-state index contributed by atoms with van der Waals surface area (Å²) in [7, 11) is 0. The van der Waals surface area contributed by atoms with Crippen molar-refractivity contribution in [3.05, 3.63) is 68.4 Å². The average molecular weight is 340 g/mol. The zero-order valence-electron chi connectivity index (χ0n) is 13.1. The molecule has 0 radical (unpaired) electrons. The molecule has 3 rings (SSSR count). The minimum absolute atomic E-state index is 0.0454. The second kappa shape index (κ2) is 7.18. The average Bonchev–Trinajstić information content (AvgIpc) is 3.09. The number of aromatic nitrogens is 3. The number of pyridine rings is 1. The number of carbonyl (C=O) groups excluding carboxylic acids is 1. The van der Waals surface area contributed by atoms with Crippen molar-refractivity contribution in [2.75, 3.05) is 0 Å². The van der Waals surface area contributed by atoms with Crippen molar-refractivity contribution < 1.29 is 4.79 Å². The largest absolute Gasteiger partial charge is 0.347 e. The Morgan fingerprint density at radius 2 is 1.96 bits per heavy atom. The molecule has 3 aromatic heterocycles. The molecule has 0 saturated heterocycles. The lowest BCUT2D eigenvalue weighted by Gasteiger charge is -2.05. The molecular weight excluding hydrogens is 324 g/mol. The molecule has 2 N–H and O–H groups in total. The summed E-state index contributed by atoms with van der Waals surface area (Å²) in [4.78, 5) is 30.5. The Kier molecular flexibility index (Phi) is 4.81. The molecule has 0 unspecified atom stereocenters. The Balaban J connectivity index is 1.78. The predicted molar refractivity (Wildman–Crippen MR) is 93.0 cm³/mol. The SMILES string of the molecule is CCc1ccc(CNC(=O)c2cc(-c3ccncc3)n[nH]c2=O)s1. The van der Waals surface area contributed by atoms with Crippen molar-refractivity contribution in [2.24, 2.45) is 0 Å². The molecular formula is C17H16N4O2S. The van der Waals surface area contributed by atoms with Gasteiger partial charge in [0.2, 0.25) is 0 Å². The van der Waals surface area contributed by atoms with E-state index in [1.807, 2.05) is 12.1 Å². The maximum Gasteiger partial charge on any atom is 0.277 e. The summed E-state index contributed by atoms with van der Waals surface area (Å²) in [5.74, 6) is -0.416. The van der Waals surface area contributed by atoms with E-state index in [9.17, 15) is 9.59 Å². The van der Waals surface area contributed by atoms with E-state index >= 15 is 0 Å². The van der Waals surface area contributed by atoms with Gasteiger partial charge in [0, 0.05) is 27.7 Å². The van der Waals surface area contributed by atoms with Gasteiger partial charge in [0.15, 0.2) is 0 Å². The first kappa shape index (κ1) is 16.1. The number of amides is 1. The Morgan fingerprint density at radius 3 is 2.67 bits per heavy atom. The molecule has 0 spiro atoms. The van der Waals surface area contributed by atoms with Gasteiger partial charge in [0.05, 0.1) is 12.2 Å². The second-order valence-corrected chi connectivity index (χ2v) is 6.39. The van der Waals surface area contributed by atoms with E-state index in [2.05, 4.69) is 27.4 Å². The van der Waals surface area contributed by atoms with Crippen LogP contribution in [0.25, 0.3) is 11.3 Å². The highest BCUT2D eigenvalue weighted by Gasteiger charge is 2.13. The van der Waals surface area contributed by atoms with Crippen molar-refractivity contribution in [3.8, 4) is 11.3 Å². The van der Waals surface area contributed by atoms with Crippen LogP contribution in [-0.2, 0) is 13.0 Å². The third kappa shape index (κ3) is 3.57. The monoisotopic (exact) mass is 340 g/mol. The van der Waals surface area contributed by atoms with Gasteiger partial charge < -0.3 is 5.32 Å². The molecule has 3 aromatic rings. The number of thiophene rings is 1. The van der Waals surface area contributed by atoms with E-state index < -0.39 is 11.5 Å². The third-order valence-corrected chi connectivity index (χ3v) is 4.74. The van der Waals surface area contributed by atoms with E-state index in [0.29, 0.717) is 12.2 Å². The van der Waals surface area contributed by atoms with Gasteiger partial charge in [-0.1, -0.05) is 6.92 Å². The molecule has 3 heterocycles. The van der Waals surface area contributed by atoms with Crippen LogP contribution >= 0.6 is 11.3 Å². The Morgan fingerprint density at radius 1 is 1.21 bits per heavy atom. The molecule has 0 atom stereocenters. The van der Waals surface area contributed by atoms with Crippen molar-refractivity contribution in [3.63, 3.8) is 0 Å². The smallest absolute Gasteiger partial charge is 0.277 e. The van der Waals surface area contributed by atoms with Gasteiger partial charge in [-0.25, -0.2) is 5.10 Å². The highest BCUT2D eigenvalue weighted by molar-refractivity contribution is 7.11. The first-order valence-electron chi connectivity index (χ1n) is 7.53. The quantitative estimate of drug-likeness (QED) is 0.746. The van der Waals surface area contributed by atoms with Crippen LogP contribution in [0.1, 0.15) is 27.0 Å². The number of carbonyl (C=O) groups is 1. The Labute approximate surface area is 142 Å². The summed E-state index contributed by atoms with van der Waals surface area (Å²) in [6.45, 7) is 2.49. The van der Waals surface area contributed by atoms with Crippen molar-refractivity contribution >= 4 is 17.2 Å². The number of nitrogens with one attached hydrogen (secondary N) is 2. The molecule has 0 aliphatic rings. The van der Waals surface area contributed by atoms with E-state index in [1.54, 1.807) is 35.9 Å². The van der Waals surface area contributed by atoms with Gasteiger partial charge >= 0.3 is 0 Å². The number of H-pyrrole nitrogens is 1. The van der Waals surface area contributed by atoms with E-state index in [-0.39, 0.29) is 5.56 Å². The maximum absolute atomic E-state index is 12.3. The summed E-state index contributed by atoms with van der Waals surface area (Å²) in [5.41, 5.74) is 0.836. The third-order valence-electron chi connectivity index (χ3n) is 3.51. The summed E-state index contributed by atoms with van der Waals surface area (Å²) in [5, 5.41) is 9.14. The lowest BCUT2D eigenvalue weighted by molar-refractivity contribution is 0.0949. The highest BCUT2D eigenvalue weighted by atomic mass is 32.1. The standard InChI is InChI=1S/C17H16N4O2S/c1-2-12-3-4-13(24-12)10-19-16(22)14-9-15(20-21-17(14)23)11-5-7-18-8-6-11/h3-9H,2,10H2,1H3,(H,19,22)(H,21,23). The van der Waals surface area contributed by atoms with Crippen LogP contribution in [0.15, 0.2) is 47.5 Å². The van der Waals surface area contributed by atoms with Crippen molar-refractivity contribution in [1.82, 2.24) is 20.5 Å². The fourth-order valence-corrected chi connectivity index (χ4v) is 3.11. The number of hydrogen-bond acceptors (Lipinski definition) is 5. The van der Waals surface area contributed by atoms with E-state index in [1.165, 1.54) is 10.9 Å². The maximum atomic E-state index is 12.3. The summed E-state index contributed by atoms with van der Waals surface area (Å²) in [6.07, 6.45) is 4.23. The van der Waals surface area contributed by atoms with Gasteiger partial charge in [0.1, 0.15) is 5.56 Å². The topological polar surface area (TPSA) is 87.7 Å². The number of aromatic amines is 1. The fraction of sp³-hybridized carbons (Fsp3) is 0.176. The van der Waals surface area contributed by atoms with Crippen LogP contribution in [0.5, 0.6) is 0 Å². The zero-order chi connectivity index (χ0) is 16.9. The molecule has 0 fully saturated rings. The number of nitrogens with zero attached hydrogens (tertiary/aromatic N) is 2. The van der Waals surface area contributed by atoms with Gasteiger partial charge in [0.25, 0.3) is 11.5 Å². The predicted octanol–water partition coefficient (Wildman–Crippen LogP) is 2.39. The first-order valence-corrected chi connectivity index (χ1v) is 8.35. The van der Waals surface area contributed by atoms with Crippen LogP contribution in [0.4, 0.5) is 0 Å². The zero-order valence-corrected chi connectivity index (χ0v) is 13.9. The lowest BCUT2D eigenvalue weighted by atomic mass is 10.1. The molecule has 0 aromatic carbocycles. The fourth-order valence-electron chi connectivity index (χ4n) is 2.21. The molecule has 6 nitrogen and oxygen atoms in total. The molecule has 0 saturated carbocycles. The van der Waals surface area contributed by atoms with Gasteiger partial charge in [-0.2, -0.15) is 5.10 Å². The van der Waals surface area contributed by atoms with E-state index in [4.69, 9.17) is 0 Å². The summed E-state index contributed by atoms with van der Waals surface area (Å²) < 4.78 is 0. The second-order valence-electron chi connectivity index (χ2n) is 5.14. The van der Waals surface area contributed by atoms with Crippen LogP contribution in [-0.4, -0.2) is 21.1 Å². The molecule has 0 bridgehead atoms. The molecule has 1 amide bonds.